The zero-order valence-corrected chi connectivity index (χ0v) is 20.1. The molecule has 4 rings (SSSR count). The van der Waals surface area contributed by atoms with Crippen LogP contribution in [0.5, 0.6) is 5.88 Å². The Labute approximate surface area is 212 Å². The number of pyridine rings is 2. The van der Waals surface area contributed by atoms with E-state index in [1.807, 2.05) is 0 Å². The van der Waals surface area contributed by atoms with Gasteiger partial charge < -0.3 is 10.1 Å². The second-order valence-electron chi connectivity index (χ2n) is 7.53. The summed E-state index contributed by atoms with van der Waals surface area (Å²) < 4.78 is 45.1. The van der Waals surface area contributed by atoms with Crippen molar-refractivity contribution in [3.8, 4) is 11.7 Å². The van der Waals surface area contributed by atoms with E-state index >= 15 is 0 Å². The molecule has 0 saturated heterocycles. The van der Waals surface area contributed by atoms with Crippen LogP contribution in [-0.2, 0) is 4.84 Å². The maximum Gasteiger partial charge on any atom is 0.422 e. The van der Waals surface area contributed by atoms with E-state index in [0.717, 1.165) is 10.7 Å². The van der Waals surface area contributed by atoms with Crippen LogP contribution in [0.15, 0.2) is 42.7 Å². The molecule has 4 aromatic heterocycles. The molecule has 0 aromatic carbocycles. The normalized spacial score (nSPS) is 11.5. The second-order valence-corrected chi connectivity index (χ2v) is 7.94. The minimum absolute atomic E-state index is 0.0234. The van der Waals surface area contributed by atoms with Crippen molar-refractivity contribution in [2.75, 3.05) is 18.5 Å². The van der Waals surface area contributed by atoms with Gasteiger partial charge in [0.25, 0.3) is 11.8 Å². The predicted octanol–water partition coefficient (Wildman–Crippen LogP) is 3.75. The average molecular weight is 538 g/mol. The molecule has 0 bridgehead atoms. The maximum atomic E-state index is 13.4. The Morgan fingerprint density at radius 3 is 2.65 bits per heavy atom. The summed E-state index contributed by atoms with van der Waals surface area (Å²) in [6, 6.07) is 7.36. The molecule has 194 valence electrons. The molecule has 0 unspecified atom stereocenters. The van der Waals surface area contributed by atoms with Crippen LogP contribution in [0.3, 0.4) is 0 Å². The van der Waals surface area contributed by atoms with E-state index in [4.69, 9.17) is 21.2 Å². The van der Waals surface area contributed by atoms with Crippen molar-refractivity contribution in [1.82, 2.24) is 29.9 Å². The van der Waals surface area contributed by atoms with Crippen LogP contribution in [-0.4, -0.2) is 55.6 Å². The van der Waals surface area contributed by atoms with Crippen LogP contribution in [0.1, 0.15) is 33.5 Å². The van der Waals surface area contributed by atoms with Gasteiger partial charge in [-0.3, -0.25) is 14.4 Å². The molecular formula is C22H19ClF3N7O4. The van der Waals surface area contributed by atoms with Gasteiger partial charge >= 0.3 is 6.18 Å². The zero-order chi connectivity index (χ0) is 26.7. The van der Waals surface area contributed by atoms with Crippen molar-refractivity contribution >= 4 is 34.6 Å². The summed E-state index contributed by atoms with van der Waals surface area (Å²) in [4.78, 5) is 35.4. The highest BCUT2D eigenvalue weighted by Crippen LogP contribution is 2.27. The van der Waals surface area contributed by atoms with Gasteiger partial charge in [-0.2, -0.15) is 18.3 Å². The SMILES string of the molecule is CCONC(=O)c1c(NC(=O)c2cc(OCC(F)(F)F)nn2-c2ncccc2Cl)c(C)cc2ccnn12. The van der Waals surface area contributed by atoms with E-state index in [1.54, 1.807) is 26.0 Å². The molecule has 0 fully saturated rings. The number of anilines is 1. The Kier molecular flexibility index (Phi) is 7.31. The predicted molar refractivity (Wildman–Crippen MR) is 125 cm³/mol. The summed E-state index contributed by atoms with van der Waals surface area (Å²) >= 11 is 6.19. The molecule has 37 heavy (non-hydrogen) atoms. The lowest BCUT2D eigenvalue weighted by Gasteiger charge is -2.16. The molecule has 4 heterocycles. The number of rotatable bonds is 8. The first-order chi connectivity index (χ1) is 17.6. The van der Waals surface area contributed by atoms with Crippen LogP contribution < -0.4 is 15.5 Å². The minimum atomic E-state index is -4.63. The van der Waals surface area contributed by atoms with Gasteiger partial charge in [0.2, 0.25) is 5.88 Å². The summed E-state index contributed by atoms with van der Waals surface area (Å²) in [5.41, 5.74) is 3.12. The van der Waals surface area contributed by atoms with E-state index in [1.165, 1.54) is 29.0 Å². The highest BCUT2D eigenvalue weighted by atomic mass is 35.5. The van der Waals surface area contributed by atoms with Crippen LogP contribution in [0.2, 0.25) is 5.02 Å². The van der Waals surface area contributed by atoms with Crippen molar-refractivity contribution in [1.29, 1.82) is 0 Å². The number of carbonyl (C=O) groups excluding carboxylic acids is 2. The summed E-state index contributed by atoms with van der Waals surface area (Å²) in [7, 11) is 0. The topological polar surface area (TPSA) is 125 Å². The number of nitrogens with one attached hydrogen (secondary N) is 2. The molecule has 0 aliphatic heterocycles. The first-order valence-electron chi connectivity index (χ1n) is 10.7. The summed E-state index contributed by atoms with van der Waals surface area (Å²) in [5, 5.41) is 10.8. The monoisotopic (exact) mass is 537 g/mol. The summed E-state index contributed by atoms with van der Waals surface area (Å²) in [6.45, 7) is 1.89. The molecule has 0 radical (unpaired) electrons. The van der Waals surface area contributed by atoms with Crippen molar-refractivity contribution in [3.63, 3.8) is 0 Å². The van der Waals surface area contributed by atoms with Gasteiger partial charge in [-0.05, 0) is 43.7 Å². The Balaban J connectivity index is 1.77. The van der Waals surface area contributed by atoms with Crippen LogP contribution in [0.4, 0.5) is 18.9 Å². The van der Waals surface area contributed by atoms with Gasteiger partial charge in [-0.15, -0.1) is 5.10 Å². The van der Waals surface area contributed by atoms with Crippen molar-refractivity contribution < 1.29 is 32.3 Å². The third kappa shape index (κ3) is 5.65. The molecule has 0 saturated carbocycles. The van der Waals surface area contributed by atoms with Crippen molar-refractivity contribution in [2.24, 2.45) is 0 Å². The van der Waals surface area contributed by atoms with E-state index in [9.17, 15) is 22.8 Å². The average Bonchev–Trinajstić information content (AvgIpc) is 3.48. The molecule has 0 aliphatic rings. The Morgan fingerprint density at radius 2 is 1.95 bits per heavy atom. The highest BCUT2D eigenvalue weighted by Gasteiger charge is 2.30. The largest absolute Gasteiger partial charge is 0.467 e. The fourth-order valence-corrected chi connectivity index (χ4v) is 3.57. The lowest BCUT2D eigenvalue weighted by molar-refractivity contribution is -0.154. The Bertz CT molecular complexity index is 1470. The summed E-state index contributed by atoms with van der Waals surface area (Å²) in [6.07, 6.45) is -1.79. The van der Waals surface area contributed by atoms with E-state index < -0.39 is 30.5 Å². The fourth-order valence-electron chi connectivity index (χ4n) is 3.37. The number of fused-ring (bicyclic) bond motifs is 1. The lowest BCUT2D eigenvalue weighted by atomic mass is 10.1. The number of halogens is 4. The van der Waals surface area contributed by atoms with E-state index in [2.05, 4.69) is 26.0 Å². The second kappa shape index (κ2) is 10.4. The van der Waals surface area contributed by atoms with E-state index in [0.29, 0.717) is 11.1 Å². The maximum absolute atomic E-state index is 13.4. The number of nitrogens with zero attached hydrogens (tertiary/aromatic N) is 5. The van der Waals surface area contributed by atoms with Crippen molar-refractivity contribution in [2.45, 2.75) is 20.0 Å². The molecule has 15 heteroatoms. The molecule has 2 amide bonds. The zero-order valence-electron chi connectivity index (χ0n) is 19.3. The first-order valence-corrected chi connectivity index (χ1v) is 11.1. The number of amides is 2. The van der Waals surface area contributed by atoms with Gasteiger partial charge in [0.05, 0.1) is 29.0 Å². The number of hydrogen-bond donors (Lipinski definition) is 2. The third-order valence-corrected chi connectivity index (χ3v) is 5.18. The van der Waals surface area contributed by atoms with Gasteiger partial charge in [-0.25, -0.2) is 19.7 Å². The molecule has 11 nitrogen and oxygen atoms in total. The highest BCUT2D eigenvalue weighted by molar-refractivity contribution is 6.32. The fraction of sp³-hybridized carbons (Fsp3) is 0.227. The summed E-state index contributed by atoms with van der Waals surface area (Å²) in [5.74, 6) is -2.04. The molecular weight excluding hydrogens is 519 g/mol. The van der Waals surface area contributed by atoms with Crippen LogP contribution in [0, 0.1) is 6.92 Å². The number of hydrogen-bond acceptors (Lipinski definition) is 7. The number of aryl methyl sites for hydroxylation is 1. The number of hydroxylamine groups is 1. The quantitative estimate of drug-likeness (QED) is 0.328. The lowest BCUT2D eigenvalue weighted by Crippen LogP contribution is -2.29. The molecule has 0 atom stereocenters. The smallest absolute Gasteiger partial charge is 0.422 e. The Hall–Kier alpha value is -4.17. The van der Waals surface area contributed by atoms with Crippen LogP contribution >= 0.6 is 11.6 Å². The van der Waals surface area contributed by atoms with Gasteiger partial charge in [-0.1, -0.05) is 11.6 Å². The minimum Gasteiger partial charge on any atom is -0.467 e. The van der Waals surface area contributed by atoms with Gasteiger partial charge in [0.1, 0.15) is 5.69 Å². The number of ether oxygens (including phenoxy) is 1. The first kappa shape index (κ1) is 25.9. The van der Waals surface area contributed by atoms with Gasteiger partial charge in [0, 0.05) is 12.3 Å². The number of carbonyl (C=O) groups is 2. The van der Waals surface area contributed by atoms with Gasteiger partial charge in [0.15, 0.2) is 18.1 Å². The molecule has 4 aromatic rings. The standard InChI is InChI=1S/C22H19ClF3N7O4/c1-3-37-31-21(35)18-17(12(2)9-13-6-8-28-32(13)18)29-20(34)15-10-16(36-11-22(24,25)26)30-33(15)19-14(23)5-4-7-27-19/h4-10H,3,11H2,1-2H3,(H,29,34)(H,31,35). The number of alkyl halides is 3. The molecule has 2 N–H and O–H groups in total. The number of aromatic nitrogens is 5. The molecule has 0 spiro atoms. The third-order valence-electron chi connectivity index (χ3n) is 4.89. The van der Waals surface area contributed by atoms with E-state index in [-0.39, 0.29) is 34.5 Å². The van der Waals surface area contributed by atoms with Crippen LogP contribution in [0.25, 0.3) is 11.3 Å². The van der Waals surface area contributed by atoms with Crippen molar-refractivity contribution in [3.05, 3.63) is 64.7 Å². The molecule has 0 aliphatic carbocycles. The Morgan fingerprint density at radius 1 is 1.16 bits per heavy atom.